The molecule has 1 saturated carbocycles. The van der Waals surface area contributed by atoms with Crippen molar-refractivity contribution in [3.63, 3.8) is 0 Å². The van der Waals surface area contributed by atoms with Crippen molar-refractivity contribution in [2.75, 3.05) is 25.6 Å². The van der Waals surface area contributed by atoms with E-state index in [-0.39, 0.29) is 13.0 Å². The summed E-state index contributed by atoms with van der Waals surface area (Å²) < 4.78 is 28.1. The predicted molar refractivity (Wildman–Crippen MR) is 87.9 cm³/mol. The minimum atomic E-state index is -4.11. The van der Waals surface area contributed by atoms with Crippen LogP contribution in [0.15, 0.2) is 12.7 Å². The molecule has 1 aliphatic rings. The van der Waals surface area contributed by atoms with Gasteiger partial charge in [-0.25, -0.2) is 20.1 Å². The molecule has 4 N–H and O–H groups in total. The fourth-order valence-corrected chi connectivity index (χ4v) is 3.50. The van der Waals surface area contributed by atoms with E-state index in [1.54, 1.807) is 9.47 Å². The van der Waals surface area contributed by atoms with Crippen LogP contribution >= 0.6 is 0 Å². The van der Waals surface area contributed by atoms with Gasteiger partial charge in [0.15, 0.2) is 17.0 Å². The third-order valence-electron chi connectivity index (χ3n) is 4.34. The highest BCUT2D eigenvalue weighted by atomic mass is 32.2. The van der Waals surface area contributed by atoms with E-state index in [0.717, 1.165) is 0 Å². The third-order valence-corrected chi connectivity index (χ3v) is 4.80. The zero-order valence-electron chi connectivity index (χ0n) is 13.7. The second-order valence-corrected chi connectivity index (χ2v) is 7.46. The van der Waals surface area contributed by atoms with Crippen molar-refractivity contribution in [3.05, 3.63) is 12.7 Å². The number of nitrogens with zero attached hydrogens (tertiary/aromatic N) is 5. The molecule has 1 aliphatic carbocycles. The van der Waals surface area contributed by atoms with Gasteiger partial charge in [0.2, 0.25) is 0 Å². The van der Waals surface area contributed by atoms with Gasteiger partial charge in [-0.3, -0.25) is 4.18 Å². The molecule has 25 heavy (non-hydrogen) atoms. The molecule has 2 aromatic heterocycles. The molecule has 0 radical (unpaired) electrons. The van der Waals surface area contributed by atoms with Gasteiger partial charge in [0.25, 0.3) is 0 Å². The van der Waals surface area contributed by atoms with E-state index in [0.29, 0.717) is 17.0 Å². The summed E-state index contributed by atoms with van der Waals surface area (Å²) >= 11 is 0. The van der Waals surface area contributed by atoms with Gasteiger partial charge in [0, 0.05) is 20.0 Å². The van der Waals surface area contributed by atoms with Gasteiger partial charge in [-0.2, -0.15) is 8.42 Å². The molecular weight excluding hydrogens is 352 g/mol. The third kappa shape index (κ3) is 3.43. The number of aliphatic hydroxyl groups excluding tert-OH is 2. The van der Waals surface area contributed by atoms with Crippen LogP contribution in [0.5, 0.6) is 0 Å². The lowest BCUT2D eigenvalue weighted by Crippen LogP contribution is -2.31. The van der Waals surface area contributed by atoms with Crippen LogP contribution in [-0.4, -0.2) is 71.1 Å². The Morgan fingerprint density at radius 3 is 2.68 bits per heavy atom. The zero-order chi connectivity index (χ0) is 18.4. The molecule has 3 rings (SSSR count). The molecule has 0 amide bonds. The van der Waals surface area contributed by atoms with Crippen molar-refractivity contribution in [2.45, 2.75) is 24.7 Å². The van der Waals surface area contributed by atoms with E-state index in [4.69, 9.17) is 5.14 Å². The predicted octanol–water partition coefficient (Wildman–Crippen LogP) is -1.60. The van der Waals surface area contributed by atoms with E-state index in [9.17, 15) is 18.6 Å². The van der Waals surface area contributed by atoms with Crippen molar-refractivity contribution in [3.8, 4) is 0 Å². The Morgan fingerprint density at radius 1 is 1.32 bits per heavy atom. The number of imidazole rings is 1. The average molecular weight is 372 g/mol. The van der Waals surface area contributed by atoms with Gasteiger partial charge in [-0.1, -0.05) is 0 Å². The van der Waals surface area contributed by atoms with E-state index >= 15 is 0 Å². The van der Waals surface area contributed by atoms with Crippen molar-refractivity contribution < 1.29 is 22.8 Å². The second-order valence-electron chi connectivity index (χ2n) is 6.24. The molecule has 2 heterocycles. The summed E-state index contributed by atoms with van der Waals surface area (Å²) in [6, 6.07) is -0.529. The topological polar surface area (TPSA) is 157 Å². The fraction of sp³-hybridized carbons (Fsp3) is 0.615. The summed E-state index contributed by atoms with van der Waals surface area (Å²) in [5.41, 5.74) is 1.08. The molecule has 0 spiro atoms. The first-order valence-corrected chi connectivity index (χ1v) is 9.04. The van der Waals surface area contributed by atoms with Crippen molar-refractivity contribution >= 4 is 27.3 Å². The standard InChI is InChI=1S/C13H20N6O5S/c1-18(2)12-9-13(16-5-15-12)19(6-17-9)8-3-7(10(20)11(8)21)4-24-25(14,22)23/h5-8,10-11,20-21H,3-4H2,1-2H3,(H2,14,22,23)/t7-,8-,10-,11+/m0/s1. The van der Waals surface area contributed by atoms with Crippen LogP contribution in [0.3, 0.4) is 0 Å². The van der Waals surface area contributed by atoms with Gasteiger partial charge in [-0.15, -0.1) is 0 Å². The summed E-state index contributed by atoms with van der Waals surface area (Å²) in [5, 5.41) is 25.4. The van der Waals surface area contributed by atoms with Gasteiger partial charge >= 0.3 is 10.3 Å². The van der Waals surface area contributed by atoms with Crippen molar-refractivity contribution in [1.82, 2.24) is 19.5 Å². The molecule has 11 nitrogen and oxygen atoms in total. The summed E-state index contributed by atoms with van der Waals surface area (Å²) in [5.74, 6) is 0.0387. The second kappa shape index (κ2) is 6.46. The summed E-state index contributed by atoms with van der Waals surface area (Å²) in [7, 11) is -0.454. The van der Waals surface area contributed by atoms with Crippen LogP contribution in [-0.2, 0) is 14.5 Å². The number of nitrogens with two attached hydrogens (primary N) is 1. The number of hydrogen-bond donors (Lipinski definition) is 3. The minimum Gasteiger partial charge on any atom is -0.390 e. The SMILES string of the molecule is CN(C)c1ncnc2c1ncn2[C@H]1C[C@@H](COS(N)(=O)=O)[C@H](O)[C@@H]1O. The normalized spacial score (nSPS) is 27.1. The average Bonchev–Trinajstić information content (AvgIpc) is 3.07. The van der Waals surface area contributed by atoms with Crippen LogP contribution in [0.1, 0.15) is 12.5 Å². The summed E-state index contributed by atoms with van der Waals surface area (Å²) in [6.07, 6.45) is 0.930. The highest BCUT2D eigenvalue weighted by molar-refractivity contribution is 7.84. The number of rotatable bonds is 5. The lowest BCUT2D eigenvalue weighted by atomic mass is 10.1. The molecule has 138 valence electrons. The van der Waals surface area contributed by atoms with Crippen molar-refractivity contribution in [2.24, 2.45) is 11.1 Å². The maximum atomic E-state index is 10.9. The van der Waals surface area contributed by atoms with Crippen LogP contribution in [0.2, 0.25) is 0 Å². The Kier molecular flexibility index (Phi) is 4.64. The first-order chi connectivity index (χ1) is 11.7. The van der Waals surface area contributed by atoms with E-state index in [2.05, 4.69) is 19.1 Å². The minimum absolute atomic E-state index is 0.282. The number of aliphatic hydroxyl groups is 2. The quantitative estimate of drug-likeness (QED) is 0.562. The lowest BCUT2D eigenvalue weighted by molar-refractivity contribution is -0.000990. The number of hydrogen-bond acceptors (Lipinski definition) is 9. The maximum Gasteiger partial charge on any atom is 0.333 e. The van der Waals surface area contributed by atoms with Crippen LogP contribution in [0.25, 0.3) is 11.2 Å². The maximum absolute atomic E-state index is 10.9. The Hall–Kier alpha value is -1.86. The summed E-state index contributed by atoms with van der Waals surface area (Å²) in [6.45, 7) is -0.307. The molecular formula is C13H20N6O5S. The van der Waals surface area contributed by atoms with Gasteiger partial charge in [-0.05, 0) is 6.42 Å². The smallest absolute Gasteiger partial charge is 0.333 e. The zero-order valence-corrected chi connectivity index (χ0v) is 14.5. The summed E-state index contributed by atoms with van der Waals surface area (Å²) in [4.78, 5) is 14.5. The highest BCUT2D eigenvalue weighted by Gasteiger charge is 2.43. The van der Waals surface area contributed by atoms with Crippen LogP contribution in [0, 0.1) is 5.92 Å². The molecule has 0 bridgehead atoms. The molecule has 12 heteroatoms. The Balaban J connectivity index is 1.89. The van der Waals surface area contributed by atoms with Gasteiger partial charge in [0.05, 0.1) is 25.1 Å². The number of aromatic nitrogens is 4. The number of anilines is 1. The molecule has 0 aromatic carbocycles. The lowest BCUT2D eigenvalue weighted by Gasteiger charge is -2.18. The molecule has 1 fully saturated rings. The van der Waals surface area contributed by atoms with E-state index < -0.39 is 34.5 Å². The molecule has 4 atom stereocenters. The highest BCUT2D eigenvalue weighted by Crippen LogP contribution is 2.37. The number of fused-ring (bicyclic) bond motifs is 1. The first kappa shape index (κ1) is 17.9. The monoisotopic (exact) mass is 372 g/mol. The Bertz CT molecular complexity index is 869. The Labute approximate surface area is 144 Å². The fourth-order valence-electron chi connectivity index (χ4n) is 3.13. The van der Waals surface area contributed by atoms with Crippen LogP contribution < -0.4 is 10.0 Å². The molecule has 0 aliphatic heterocycles. The van der Waals surface area contributed by atoms with Crippen LogP contribution in [0.4, 0.5) is 5.82 Å². The van der Waals surface area contributed by atoms with E-state index in [1.165, 1.54) is 12.7 Å². The molecule has 0 unspecified atom stereocenters. The Morgan fingerprint density at radius 2 is 2.04 bits per heavy atom. The molecule has 2 aromatic rings. The van der Waals surface area contributed by atoms with E-state index in [1.807, 2.05) is 14.1 Å². The molecule has 0 saturated heterocycles. The first-order valence-electron chi connectivity index (χ1n) is 7.57. The van der Waals surface area contributed by atoms with Crippen molar-refractivity contribution in [1.29, 1.82) is 0 Å². The largest absolute Gasteiger partial charge is 0.390 e. The van der Waals surface area contributed by atoms with Gasteiger partial charge in [0.1, 0.15) is 12.4 Å². The van der Waals surface area contributed by atoms with Gasteiger partial charge < -0.3 is 19.7 Å².